The summed E-state index contributed by atoms with van der Waals surface area (Å²) < 4.78 is 0. The van der Waals surface area contributed by atoms with Crippen molar-refractivity contribution < 1.29 is 0 Å². The van der Waals surface area contributed by atoms with Gasteiger partial charge >= 0.3 is 0 Å². The first-order valence-corrected chi connectivity index (χ1v) is 10.3. The van der Waals surface area contributed by atoms with Gasteiger partial charge in [0.25, 0.3) is 0 Å². The van der Waals surface area contributed by atoms with E-state index in [0.29, 0.717) is 0 Å². The Bertz CT molecular complexity index is 865. The van der Waals surface area contributed by atoms with Gasteiger partial charge in [0.2, 0.25) is 0 Å². The predicted molar refractivity (Wildman–Crippen MR) is 122 cm³/mol. The third kappa shape index (κ3) is 3.92. The highest BCUT2D eigenvalue weighted by Crippen LogP contribution is 2.46. The molecule has 0 bridgehead atoms. The summed E-state index contributed by atoms with van der Waals surface area (Å²) in [5.41, 5.74) is 6.77. The summed E-state index contributed by atoms with van der Waals surface area (Å²) >= 11 is 0. The van der Waals surface area contributed by atoms with Gasteiger partial charge in [-0.1, -0.05) is 76.3 Å². The van der Waals surface area contributed by atoms with Gasteiger partial charge in [-0.15, -0.1) is 0 Å². The standard InChI is InChI=1S/C26H34N2/c1-8-23(14-13-19(3)25(5,6)7)26(9-2)15-21-17-28(18-22(21)16-26)24-12-10-11-20(4)27-24/h8,10-16H,1,9,17-18H2,2-7H3/b19-13+,23-14+. The SMILES string of the molecule is C=C/C(=C\C=C(/C)C(C)(C)C)C1(CC)C=C2CN(c3cccc(C)n3)CC2=C1. The quantitative estimate of drug-likeness (QED) is 0.541. The molecular formula is C26H34N2. The summed E-state index contributed by atoms with van der Waals surface area (Å²) in [6.45, 7) is 19.3. The topological polar surface area (TPSA) is 16.1 Å². The maximum atomic E-state index is 4.70. The first-order valence-electron chi connectivity index (χ1n) is 10.3. The second kappa shape index (κ2) is 7.58. The van der Waals surface area contributed by atoms with E-state index in [0.717, 1.165) is 31.0 Å². The van der Waals surface area contributed by atoms with E-state index < -0.39 is 0 Å². The van der Waals surface area contributed by atoms with E-state index >= 15 is 0 Å². The van der Waals surface area contributed by atoms with E-state index in [1.807, 2.05) is 6.08 Å². The zero-order valence-corrected chi connectivity index (χ0v) is 18.3. The summed E-state index contributed by atoms with van der Waals surface area (Å²) in [5, 5.41) is 0. The van der Waals surface area contributed by atoms with Crippen LogP contribution in [0.3, 0.4) is 0 Å². The molecule has 3 rings (SSSR count). The second-order valence-electron chi connectivity index (χ2n) is 9.15. The molecule has 0 amide bonds. The highest BCUT2D eigenvalue weighted by Gasteiger charge is 2.37. The van der Waals surface area contributed by atoms with Gasteiger partial charge in [0.1, 0.15) is 5.82 Å². The smallest absolute Gasteiger partial charge is 0.129 e. The van der Waals surface area contributed by atoms with Gasteiger partial charge in [-0.05, 0) is 54.5 Å². The Hall–Kier alpha value is -2.35. The molecule has 1 aromatic rings. The molecule has 2 heteroatoms. The first-order chi connectivity index (χ1) is 13.2. The van der Waals surface area contributed by atoms with Crippen LogP contribution < -0.4 is 4.90 Å². The van der Waals surface area contributed by atoms with Gasteiger partial charge in [-0.25, -0.2) is 4.98 Å². The van der Waals surface area contributed by atoms with Crippen LogP contribution in [0.4, 0.5) is 5.82 Å². The number of rotatable bonds is 5. The summed E-state index contributed by atoms with van der Waals surface area (Å²) in [6.07, 6.45) is 12.5. The molecule has 0 aromatic carbocycles. The molecule has 148 valence electrons. The molecule has 1 fully saturated rings. The molecule has 1 aliphatic carbocycles. The molecule has 2 aliphatic rings. The third-order valence-corrected chi connectivity index (χ3v) is 6.23. The number of aromatic nitrogens is 1. The van der Waals surface area contributed by atoms with Crippen LogP contribution in [0.5, 0.6) is 0 Å². The summed E-state index contributed by atoms with van der Waals surface area (Å²) in [7, 11) is 0. The van der Waals surface area contributed by atoms with Crippen molar-refractivity contribution in [3.63, 3.8) is 0 Å². The van der Waals surface area contributed by atoms with Crippen LogP contribution >= 0.6 is 0 Å². The van der Waals surface area contributed by atoms with Crippen LogP contribution in [0.15, 0.2) is 77.5 Å². The maximum absolute atomic E-state index is 4.70. The lowest BCUT2D eigenvalue weighted by molar-refractivity contribution is 0.504. The Kier molecular flexibility index (Phi) is 5.52. The van der Waals surface area contributed by atoms with Gasteiger partial charge in [0, 0.05) is 24.2 Å². The number of aryl methyl sites for hydroxylation is 1. The summed E-state index contributed by atoms with van der Waals surface area (Å²) in [5.74, 6) is 1.07. The van der Waals surface area contributed by atoms with Crippen molar-refractivity contribution in [2.75, 3.05) is 18.0 Å². The second-order valence-corrected chi connectivity index (χ2v) is 9.15. The summed E-state index contributed by atoms with van der Waals surface area (Å²) in [4.78, 5) is 7.06. The average Bonchev–Trinajstić information content (AvgIpc) is 3.18. The molecule has 28 heavy (non-hydrogen) atoms. The fraction of sp³-hybridized carbons (Fsp3) is 0.423. The number of pyridine rings is 1. The van der Waals surface area contributed by atoms with Crippen LogP contribution in [-0.2, 0) is 0 Å². The Morgan fingerprint density at radius 3 is 2.32 bits per heavy atom. The minimum atomic E-state index is -0.0345. The molecule has 0 N–H and O–H groups in total. The fourth-order valence-corrected chi connectivity index (χ4v) is 3.93. The number of allylic oxidation sites excluding steroid dienone is 7. The van der Waals surface area contributed by atoms with Gasteiger partial charge < -0.3 is 4.90 Å². The Morgan fingerprint density at radius 1 is 1.18 bits per heavy atom. The number of nitrogens with zero attached hydrogens (tertiary/aromatic N) is 2. The average molecular weight is 375 g/mol. The van der Waals surface area contributed by atoms with E-state index in [9.17, 15) is 0 Å². The molecule has 2 heterocycles. The molecule has 0 saturated carbocycles. The zero-order valence-electron chi connectivity index (χ0n) is 18.3. The van der Waals surface area contributed by atoms with Crippen molar-refractivity contribution in [2.45, 2.75) is 48.0 Å². The van der Waals surface area contributed by atoms with Crippen molar-refractivity contribution in [2.24, 2.45) is 10.8 Å². The monoisotopic (exact) mass is 374 g/mol. The van der Waals surface area contributed by atoms with Crippen LogP contribution in [-0.4, -0.2) is 18.1 Å². The largest absolute Gasteiger partial charge is 0.348 e. The molecule has 1 aromatic heterocycles. The fourth-order valence-electron chi connectivity index (χ4n) is 3.93. The van der Waals surface area contributed by atoms with Crippen molar-refractivity contribution in [1.29, 1.82) is 0 Å². The molecule has 0 spiro atoms. The number of anilines is 1. The molecule has 0 unspecified atom stereocenters. The van der Waals surface area contributed by atoms with Crippen LogP contribution in [0, 0.1) is 17.8 Å². The number of hydrogen-bond donors (Lipinski definition) is 0. The van der Waals surface area contributed by atoms with Crippen molar-refractivity contribution >= 4 is 5.82 Å². The first kappa shape index (κ1) is 20.4. The number of fused-ring (bicyclic) bond motifs is 1. The maximum Gasteiger partial charge on any atom is 0.129 e. The molecule has 1 saturated heterocycles. The highest BCUT2D eigenvalue weighted by molar-refractivity contribution is 5.60. The van der Waals surface area contributed by atoms with Crippen molar-refractivity contribution in [3.05, 3.63) is 83.1 Å². The van der Waals surface area contributed by atoms with Crippen molar-refractivity contribution in [3.8, 4) is 0 Å². The lowest BCUT2D eigenvalue weighted by atomic mass is 9.77. The van der Waals surface area contributed by atoms with Crippen LogP contribution in [0.25, 0.3) is 0 Å². The van der Waals surface area contributed by atoms with E-state index in [1.165, 1.54) is 22.3 Å². The predicted octanol–water partition coefficient (Wildman–Crippen LogP) is 6.58. The van der Waals surface area contributed by atoms with Gasteiger partial charge in [0.15, 0.2) is 0 Å². The molecule has 2 nitrogen and oxygen atoms in total. The van der Waals surface area contributed by atoms with Gasteiger partial charge in [-0.3, -0.25) is 0 Å². The molecule has 0 atom stereocenters. The van der Waals surface area contributed by atoms with E-state index in [4.69, 9.17) is 4.98 Å². The highest BCUT2D eigenvalue weighted by atomic mass is 15.2. The van der Waals surface area contributed by atoms with E-state index in [2.05, 4.69) is 95.5 Å². The summed E-state index contributed by atoms with van der Waals surface area (Å²) in [6, 6.07) is 6.25. The van der Waals surface area contributed by atoms with E-state index in [-0.39, 0.29) is 10.8 Å². The van der Waals surface area contributed by atoms with E-state index in [1.54, 1.807) is 0 Å². The lowest BCUT2D eigenvalue weighted by Gasteiger charge is -2.27. The van der Waals surface area contributed by atoms with Crippen LogP contribution in [0.1, 0.15) is 46.7 Å². The third-order valence-electron chi connectivity index (χ3n) is 6.23. The minimum Gasteiger partial charge on any atom is -0.348 e. The van der Waals surface area contributed by atoms with Gasteiger partial charge in [-0.2, -0.15) is 0 Å². The zero-order chi connectivity index (χ0) is 20.5. The lowest BCUT2D eigenvalue weighted by Crippen LogP contribution is -2.22. The molecular weight excluding hydrogens is 340 g/mol. The minimum absolute atomic E-state index is 0.0345. The number of hydrogen-bond acceptors (Lipinski definition) is 2. The Morgan fingerprint density at radius 2 is 1.82 bits per heavy atom. The van der Waals surface area contributed by atoms with Crippen molar-refractivity contribution in [1.82, 2.24) is 4.98 Å². The normalized spacial score (nSPS) is 19.4. The molecule has 1 aliphatic heterocycles. The Labute approximate surface area is 171 Å². The van der Waals surface area contributed by atoms with Gasteiger partial charge in [0.05, 0.1) is 0 Å². The molecule has 0 radical (unpaired) electrons. The Balaban J connectivity index is 1.88. The van der Waals surface area contributed by atoms with Crippen LogP contribution in [0.2, 0.25) is 0 Å².